The van der Waals surface area contributed by atoms with E-state index in [0.29, 0.717) is 5.92 Å². The summed E-state index contributed by atoms with van der Waals surface area (Å²) < 4.78 is 0. The Morgan fingerprint density at radius 2 is 1.95 bits per heavy atom. The number of rotatable bonds is 5. The van der Waals surface area contributed by atoms with E-state index in [2.05, 4.69) is 48.8 Å². The zero-order chi connectivity index (χ0) is 13.5. The van der Waals surface area contributed by atoms with Crippen molar-refractivity contribution in [2.75, 3.05) is 0 Å². The first-order valence-corrected chi connectivity index (χ1v) is 7.56. The Morgan fingerprint density at radius 3 is 2.63 bits per heavy atom. The molecule has 19 heavy (non-hydrogen) atoms. The molecule has 2 nitrogen and oxygen atoms in total. The van der Waals surface area contributed by atoms with Gasteiger partial charge in [-0.25, -0.2) is 0 Å². The average Bonchev–Trinajstić information content (AvgIpc) is 2.74. The zero-order valence-electron chi connectivity index (χ0n) is 11.9. The molecular weight excluding hydrogens is 232 g/mol. The molecule has 2 heteroatoms. The SMILES string of the molecule is CCC(c1ccccc1)C(NN)C1=CCCCCC1. The van der Waals surface area contributed by atoms with Crippen molar-refractivity contribution in [1.29, 1.82) is 0 Å². The molecule has 104 valence electrons. The van der Waals surface area contributed by atoms with E-state index >= 15 is 0 Å². The van der Waals surface area contributed by atoms with E-state index in [1.165, 1.54) is 43.2 Å². The maximum absolute atomic E-state index is 5.88. The number of hydrazine groups is 1. The Bertz CT molecular complexity index is 397. The predicted molar refractivity (Wildman–Crippen MR) is 81.8 cm³/mol. The molecule has 1 aliphatic carbocycles. The summed E-state index contributed by atoms with van der Waals surface area (Å²) in [5, 5.41) is 0. The molecular formula is C17H26N2. The van der Waals surface area contributed by atoms with Crippen LogP contribution in [0.1, 0.15) is 56.9 Å². The van der Waals surface area contributed by atoms with Crippen LogP contribution in [-0.2, 0) is 0 Å². The smallest absolute Gasteiger partial charge is 0.0488 e. The van der Waals surface area contributed by atoms with Gasteiger partial charge in [-0.3, -0.25) is 11.3 Å². The molecule has 3 N–H and O–H groups in total. The zero-order valence-corrected chi connectivity index (χ0v) is 11.9. The lowest BCUT2D eigenvalue weighted by Crippen LogP contribution is -2.41. The van der Waals surface area contributed by atoms with Gasteiger partial charge in [0.15, 0.2) is 0 Å². The first-order chi connectivity index (χ1) is 9.36. The van der Waals surface area contributed by atoms with E-state index in [0.717, 1.165) is 6.42 Å². The summed E-state index contributed by atoms with van der Waals surface area (Å²) >= 11 is 0. The Hall–Kier alpha value is -1.12. The molecule has 0 fully saturated rings. The van der Waals surface area contributed by atoms with Gasteiger partial charge in [0, 0.05) is 12.0 Å². The monoisotopic (exact) mass is 258 g/mol. The van der Waals surface area contributed by atoms with Crippen molar-refractivity contribution in [3.05, 3.63) is 47.5 Å². The van der Waals surface area contributed by atoms with Crippen molar-refractivity contribution >= 4 is 0 Å². The summed E-state index contributed by atoms with van der Waals surface area (Å²) in [5.41, 5.74) is 5.98. The van der Waals surface area contributed by atoms with Crippen molar-refractivity contribution in [2.24, 2.45) is 5.84 Å². The van der Waals surface area contributed by atoms with Gasteiger partial charge >= 0.3 is 0 Å². The summed E-state index contributed by atoms with van der Waals surface area (Å²) in [4.78, 5) is 0. The Morgan fingerprint density at radius 1 is 1.16 bits per heavy atom. The number of hydrogen-bond donors (Lipinski definition) is 2. The van der Waals surface area contributed by atoms with Gasteiger partial charge in [0.05, 0.1) is 0 Å². The molecule has 0 radical (unpaired) electrons. The highest BCUT2D eigenvalue weighted by Gasteiger charge is 2.24. The molecule has 2 unspecified atom stereocenters. The second-order valence-electron chi connectivity index (χ2n) is 5.45. The molecule has 0 saturated heterocycles. The van der Waals surface area contributed by atoms with Crippen LogP contribution in [0.3, 0.4) is 0 Å². The van der Waals surface area contributed by atoms with Crippen LogP contribution in [0.5, 0.6) is 0 Å². The molecule has 0 bridgehead atoms. The predicted octanol–water partition coefficient (Wildman–Crippen LogP) is 3.90. The third-order valence-electron chi connectivity index (χ3n) is 4.23. The van der Waals surface area contributed by atoms with Gasteiger partial charge in [-0.2, -0.15) is 0 Å². The highest BCUT2D eigenvalue weighted by molar-refractivity contribution is 5.26. The molecule has 1 aromatic carbocycles. The lowest BCUT2D eigenvalue weighted by atomic mass is 9.84. The third kappa shape index (κ3) is 3.68. The van der Waals surface area contributed by atoms with Crippen LogP contribution in [0, 0.1) is 0 Å². The van der Waals surface area contributed by atoms with Gasteiger partial charge in [0.1, 0.15) is 0 Å². The number of allylic oxidation sites excluding steroid dienone is 1. The van der Waals surface area contributed by atoms with Gasteiger partial charge in [-0.1, -0.05) is 55.3 Å². The molecule has 0 saturated carbocycles. The number of nitrogens with one attached hydrogen (secondary N) is 1. The lowest BCUT2D eigenvalue weighted by Gasteiger charge is -2.28. The first kappa shape index (κ1) is 14.3. The van der Waals surface area contributed by atoms with E-state index < -0.39 is 0 Å². The van der Waals surface area contributed by atoms with Gasteiger partial charge in [0.25, 0.3) is 0 Å². The standard InChI is InChI=1S/C17H26N2/c1-2-16(14-10-8-5-9-11-14)17(19-18)15-12-6-3-4-7-13-15/h5,8-12,16-17,19H,2-4,6-7,13,18H2,1H3. The van der Waals surface area contributed by atoms with Crippen molar-refractivity contribution < 1.29 is 0 Å². The number of hydrogen-bond acceptors (Lipinski definition) is 2. The minimum absolute atomic E-state index is 0.283. The van der Waals surface area contributed by atoms with Crippen molar-refractivity contribution in [3.8, 4) is 0 Å². The molecule has 0 heterocycles. The van der Waals surface area contributed by atoms with E-state index in [1.807, 2.05) is 0 Å². The van der Waals surface area contributed by atoms with Gasteiger partial charge in [-0.05, 0) is 37.7 Å². The molecule has 0 spiro atoms. The summed E-state index contributed by atoms with van der Waals surface area (Å²) in [6, 6.07) is 11.0. The topological polar surface area (TPSA) is 38.0 Å². The molecule has 0 amide bonds. The minimum Gasteiger partial charge on any atom is -0.271 e. The number of benzene rings is 1. The molecule has 2 atom stereocenters. The number of nitrogens with two attached hydrogens (primary N) is 1. The Labute approximate surface area is 117 Å². The van der Waals surface area contributed by atoms with Crippen LogP contribution >= 0.6 is 0 Å². The fourth-order valence-corrected chi connectivity index (χ4v) is 3.17. The molecule has 2 rings (SSSR count). The normalized spacial score (nSPS) is 19.4. The summed E-state index contributed by atoms with van der Waals surface area (Å²) in [7, 11) is 0. The molecule has 0 aliphatic heterocycles. The summed E-state index contributed by atoms with van der Waals surface area (Å²) in [5.74, 6) is 6.35. The van der Waals surface area contributed by atoms with Crippen LogP contribution in [0.15, 0.2) is 42.0 Å². The average molecular weight is 258 g/mol. The molecule has 1 aromatic rings. The van der Waals surface area contributed by atoms with Gasteiger partial charge < -0.3 is 0 Å². The Balaban J connectivity index is 2.21. The van der Waals surface area contributed by atoms with Crippen LogP contribution in [0.4, 0.5) is 0 Å². The second-order valence-corrected chi connectivity index (χ2v) is 5.45. The first-order valence-electron chi connectivity index (χ1n) is 7.56. The van der Waals surface area contributed by atoms with E-state index in [1.54, 1.807) is 0 Å². The van der Waals surface area contributed by atoms with Gasteiger partial charge in [0.2, 0.25) is 0 Å². The van der Waals surface area contributed by atoms with Crippen molar-refractivity contribution in [1.82, 2.24) is 5.43 Å². The van der Waals surface area contributed by atoms with Crippen LogP contribution in [0.25, 0.3) is 0 Å². The highest BCUT2D eigenvalue weighted by atomic mass is 15.2. The largest absolute Gasteiger partial charge is 0.271 e. The van der Waals surface area contributed by atoms with Crippen LogP contribution in [0.2, 0.25) is 0 Å². The summed E-state index contributed by atoms with van der Waals surface area (Å²) in [6.45, 7) is 2.25. The lowest BCUT2D eigenvalue weighted by molar-refractivity contribution is 0.465. The van der Waals surface area contributed by atoms with Crippen molar-refractivity contribution in [2.45, 2.75) is 57.4 Å². The fraction of sp³-hybridized carbons (Fsp3) is 0.529. The minimum atomic E-state index is 0.283. The molecule has 0 aromatic heterocycles. The van der Waals surface area contributed by atoms with Crippen LogP contribution < -0.4 is 11.3 Å². The molecule has 1 aliphatic rings. The van der Waals surface area contributed by atoms with E-state index in [4.69, 9.17) is 5.84 Å². The Kier molecular flexibility index (Phi) is 5.62. The maximum atomic E-state index is 5.88. The van der Waals surface area contributed by atoms with Gasteiger partial charge in [-0.15, -0.1) is 0 Å². The summed E-state index contributed by atoms with van der Waals surface area (Å²) in [6.07, 6.45) is 9.90. The quantitative estimate of drug-likeness (QED) is 0.477. The second kappa shape index (κ2) is 7.46. The highest BCUT2D eigenvalue weighted by Crippen LogP contribution is 2.31. The maximum Gasteiger partial charge on any atom is 0.0488 e. The fourth-order valence-electron chi connectivity index (χ4n) is 3.17. The van der Waals surface area contributed by atoms with Crippen LogP contribution in [-0.4, -0.2) is 6.04 Å². The van der Waals surface area contributed by atoms with Crippen molar-refractivity contribution in [3.63, 3.8) is 0 Å². The van der Waals surface area contributed by atoms with E-state index in [9.17, 15) is 0 Å². The third-order valence-corrected chi connectivity index (χ3v) is 4.23. The van der Waals surface area contributed by atoms with E-state index in [-0.39, 0.29) is 6.04 Å².